The van der Waals surface area contributed by atoms with E-state index in [2.05, 4.69) is 5.32 Å². The number of nitrogens with zero attached hydrogens (tertiary/aromatic N) is 2. The Balaban J connectivity index is 0.00000112. The van der Waals surface area contributed by atoms with Gasteiger partial charge in [0.1, 0.15) is 30.8 Å². The summed E-state index contributed by atoms with van der Waals surface area (Å²) in [6, 6.07) is 12.5. The maximum Gasteiger partial charge on any atom is 0.414 e. The van der Waals surface area contributed by atoms with Gasteiger partial charge in [-0.2, -0.15) is 0 Å². The van der Waals surface area contributed by atoms with Crippen LogP contribution in [-0.2, 0) is 23.9 Å². The Kier molecular flexibility index (Phi) is 13.7. The van der Waals surface area contributed by atoms with Gasteiger partial charge in [-0.1, -0.05) is 12.1 Å². The Labute approximate surface area is 263 Å². The van der Waals surface area contributed by atoms with E-state index in [1.54, 1.807) is 63.2 Å². The van der Waals surface area contributed by atoms with E-state index < -0.39 is 40.8 Å². The maximum atomic E-state index is 13.3. The number of carboxylic acid groups (broad SMARTS) is 3. The molecule has 0 radical (unpaired) electrons. The predicted molar refractivity (Wildman–Crippen MR) is 160 cm³/mol. The smallest absolute Gasteiger partial charge is 0.414 e. The molecule has 3 rings (SSSR count). The summed E-state index contributed by atoms with van der Waals surface area (Å²) >= 11 is 0. The number of methoxy groups -OCH3 is 1. The Hall–Kier alpha value is -5.48. The first-order valence-corrected chi connectivity index (χ1v) is 13.6. The largest absolute Gasteiger partial charge is 0.497 e. The van der Waals surface area contributed by atoms with Crippen molar-refractivity contribution in [2.45, 2.75) is 25.9 Å². The lowest BCUT2D eigenvalue weighted by Gasteiger charge is -2.35. The van der Waals surface area contributed by atoms with Crippen LogP contribution in [0.25, 0.3) is 0 Å². The molecule has 1 heterocycles. The minimum absolute atomic E-state index is 0.0477. The van der Waals surface area contributed by atoms with Crippen molar-refractivity contribution in [3.63, 3.8) is 0 Å². The van der Waals surface area contributed by atoms with E-state index in [4.69, 9.17) is 34.0 Å². The highest BCUT2D eigenvalue weighted by Crippen LogP contribution is 2.42. The van der Waals surface area contributed by atoms with Crippen LogP contribution in [0, 0.1) is 10.1 Å². The van der Waals surface area contributed by atoms with Crippen molar-refractivity contribution < 1.29 is 58.7 Å². The van der Waals surface area contributed by atoms with Gasteiger partial charge in [-0.25, -0.2) is 19.2 Å². The molecule has 16 nitrogen and oxygen atoms in total. The molecule has 2 atom stereocenters. The zero-order valence-electron chi connectivity index (χ0n) is 25.5. The Bertz CT molecular complexity index is 1490. The first kappa shape index (κ1) is 36.7. The lowest BCUT2D eigenvalue weighted by atomic mass is 9.80. The molecular weight excluding hydrogens is 610 g/mol. The van der Waals surface area contributed by atoms with Crippen LogP contribution in [0.3, 0.4) is 0 Å². The third-order valence-corrected chi connectivity index (χ3v) is 6.80. The average molecular weight is 646 g/mol. The van der Waals surface area contributed by atoms with Crippen molar-refractivity contribution in [2.75, 3.05) is 40.5 Å². The summed E-state index contributed by atoms with van der Waals surface area (Å²) in [7, 11) is 3.21. The van der Waals surface area contributed by atoms with Gasteiger partial charge >= 0.3 is 23.9 Å². The topological polar surface area (TPSA) is 235 Å². The SMILES string of the molecule is COc1ccc(OCC(O)CNCCOC(=O)C2=C(C)N(C)C(C)=C(C(=O)O)C2c2cccc([N+](=O)[O-])c2)cc1.O=C(O)C(=O)O. The average Bonchev–Trinajstić information content (AvgIpc) is 3.02. The van der Waals surface area contributed by atoms with Crippen molar-refractivity contribution in [3.05, 3.63) is 86.7 Å². The van der Waals surface area contributed by atoms with Crippen LogP contribution in [0.2, 0.25) is 0 Å². The van der Waals surface area contributed by atoms with E-state index in [1.807, 2.05) is 0 Å². The standard InChI is InChI=1S/C28H33N3O9.C2H2O4/c1-17-24(27(33)34)26(19-6-5-7-20(14-19)31(36)37)25(18(2)30(17)3)28(35)39-13-12-29-15-21(32)16-40-23-10-8-22(38-4)9-11-23;3-1(4)2(5)6/h5-11,14,21,26,29,32H,12-13,15-16H2,1-4H3,(H,33,34);(H,3,4)(H,5,6). The molecule has 2 aromatic carbocycles. The normalized spacial score (nSPS) is 14.9. The number of nitrogens with one attached hydrogen (secondary N) is 1. The number of hydrogen-bond donors (Lipinski definition) is 5. The minimum atomic E-state index is -1.82. The van der Waals surface area contributed by atoms with Gasteiger partial charge in [-0.15, -0.1) is 0 Å². The molecule has 0 saturated carbocycles. The summed E-state index contributed by atoms with van der Waals surface area (Å²) in [6.45, 7) is 3.67. The van der Waals surface area contributed by atoms with Crippen LogP contribution in [0.5, 0.6) is 11.5 Å². The number of benzene rings is 2. The van der Waals surface area contributed by atoms with Gasteiger partial charge in [-0.05, 0) is 43.7 Å². The number of aliphatic carboxylic acids is 3. The van der Waals surface area contributed by atoms with Gasteiger partial charge in [0.15, 0.2) is 0 Å². The molecule has 248 valence electrons. The third-order valence-electron chi connectivity index (χ3n) is 6.80. The second-order valence-corrected chi connectivity index (χ2v) is 9.74. The van der Waals surface area contributed by atoms with E-state index in [0.29, 0.717) is 28.5 Å². The van der Waals surface area contributed by atoms with Crippen LogP contribution in [0.15, 0.2) is 71.1 Å². The second-order valence-electron chi connectivity index (χ2n) is 9.74. The number of aliphatic hydroxyl groups is 1. The molecule has 0 aromatic heterocycles. The molecule has 2 aromatic rings. The number of nitro benzene ring substituents is 1. The highest BCUT2D eigenvalue weighted by atomic mass is 16.6. The summed E-state index contributed by atoms with van der Waals surface area (Å²) in [5.41, 5.74) is 0.970. The zero-order valence-corrected chi connectivity index (χ0v) is 25.5. The van der Waals surface area contributed by atoms with Gasteiger partial charge in [0.25, 0.3) is 5.69 Å². The summed E-state index contributed by atoms with van der Waals surface area (Å²) in [6.07, 6.45) is -0.820. The van der Waals surface area contributed by atoms with Gasteiger partial charge in [0.2, 0.25) is 0 Å². The van der Waals surface area contributed by atoms with Crippen LogP contribution in [0.4, 0.5) is 5.69 Å². The van der Waals surface area contributed by atoms with E-state index in [-0.39, 0.29) is 43.1 Å². The Morgan fingerprint density at radius 1 is 0.978 bits per heavy atom. The summed E-state index contributed by atoms with van der Waals surface area (Å²) in [5.74, 6) is -5.42. The van der Waals surface area contributed by atoms with Crippen molar-refractivity contribution in [1.82, 2.24) is 10.2 Å². The Morgan fingerprint density at radius 2 is 1.57 bits per heavy atom. The number of hydrogen-bond acceptors (Lipinski definition) is 12. The molecular formula is C30H35N3O13. The minimum Gasteiger partial charge on any atom is -0.497 e. The lowest BCUT2D eigenvalue weighted by molar-refractivity contribution is -0.384. The molecule has 0 fully saturated rings. The molecule has 0 spiro atoms. The van der Waals surface area contributed by atoms with Gasteiger partial charge in [0.05, 0.1) is 29.1 Å². The van der Waals surface area contributed by atoms with Gasteiger partial charge < -0.3 is 44.9 Å². The van der Waals surface area contributed by atoms with Gasteiger partial charge in [-0.3, -0.25) is 10.1 Å². The number of non-ortho nitro benzene ring substituents is 1. The van der Waals surface area contributed by atoms with Crippen LogP contribution in [0.1, 0.15) is 25.3 Å². The van der Waals surface area contributed by atoms with Crippen LogP contribution in [-0.4, -0.2) is 101 Å². The quantitative estimate of drug-likeness (QED) is 0.0689. The number of aliphatic hydroxyl groups excluding tert-OH is 1. The van der Waals surface area contributed by atoms with E-state index in [9.17, 15) is 29.9 Å². The fourth-order valence-corrected chi connectivity index (χ4v) is 4.36. The monoisotopic (exact) mass is 645 g/mol. The second kappa shape index (κ2) is 17.1. The summed E-state index contributed by atoms with van der Waals surface area (Å²) < 4.78 is 16.1. The number of rotatable bonds is 13. The molecule has 16 heteroatoms. The molecule has 0 aliphatic carbocycles. The molecule has 0 bridgehead atoms. The molecule has 0 saturated heterocycles. The highest BCUT2D eigenvalue weighted by molar-refractivity contribution is 6.27. The number of allylic oxidation sites excluding steroid dienone is 2. The maximum absolute atomic E-state index is 13.3. The van der Waals surface area contributed by atoms with E-state index in [0.717, 1.165) is 0 Å². The molecule has 46 heavy (non-hydrogen) atoms. The number of nitro groups is 1. The predicted octanol–water partition coefficient (Wildman–Crippen LogP) is 1.99. The number of carboxylic acids is 3. The molecule has 1 aliphatic heterocycles. The fraction of sp³-hybridized carbons (Fsp3) is 0.333. The lowest BCUT2D eigenvalue weighted by Crippen LogP contribution is -2.35. The van der Waals surface area contributed by atoms with E-state index >= 15 is 0 Å². The van der Waals surface area contributed by atoms with Crippen LogP contribution < -0.4 is 14.8 Å². The molecule has 2 unspecified atom stereocenters. The van der Waals surface area contributed by atoms with Crippen molar-refractivity contribution in [2.24, 2.45) is 0 Å². The number of esters is 1. The van der Waals surface area contributed by atoms with Crippen molar-refractivity contribution in [1.29, 1.82) is 0 Å². The number of ether oxygens (including phenoxy) is 3. The molecule has 1 aliphatic rings. The highest BCUT2D eigenvalue weighted by Gasteiger charge is 2.39. The van der Waals surface area contributed by atoms with Crippen molar-refractivity contribution >= 4 is 29.6 Å². The number of carbonyl (C=O) groups is 4. The Morgan fingerprint density at radius 3 is 2.11 bits per heavy atom. The van der Waals surface area contributed by atoms with Crippen LogP contribution >= 0.6 is 0 Å². The van der Waals surface area contributed by atoms with E-state index in [1.165, 1.54) is 18.2 Å². The summed E-state index contributed by atoms with van der Waals surface area (Å²) in [5, 5.41) is 49.3. The number of carbonyl (C=O) groups excluding carboxylic acids is 1. The molecule has 0 amide bonds. The fourth-order valence-electron chi connectivity index (χ4n) is 4.36. The zero-order chi connectivity index (χ0) is 34.6. The van der Waals surface area contributed by atoms with Gasteiger partial charge in [0, 0.05) is 43.7 Å². The first-order chi connectivity index (χ1) is 21.7. The van der Waals surface area contributed by atoms with Crippen molar-refractivity contribution in [3.8, 4) is 11.5 Å². The third kappa shape index (κ3) is 10.0. The first-order valence-electron chi connectivity index (χ1n) is 13.6. The summed E-state index contributed by atoms with van der Waals surface area (Å²) in [4.78, 5) is 56.1. The molecule has 5 N–H and O–H groups in total.